The van der Waals surface area contributed by atoms with Gasteiger partial charge in [0, 0.05) is 32.1 Å². The zero-order valence-corrected chi connectivity index (χ0v) is 16.2. The first-order valence-electron chi connectivity index (χ1n) is 9.71. The molecule has 2 amide bonds. The van der Waals surface area contributed by atoms with Crippen LogP contribution in [-0.2, 0) is 22.7 Å². The van der Waals surface area contributed by atoms with Crippen LogP contribution in [0.25, 0.3) is 0 Å². The number of carbonyl (C=O) groups is 2. The molecule has 3 rings (SSSR count). The predicted molar refractivity (Wildman–Crippen MR) is 107 cm³/mol. The fourth-order valence-corrected chi connectivity index (χ4v) is 3.25. The van der Waals surface area contributed by atoms with Gasteiger partial charge in [0.15, 0.2) is 0 Å². The van der Waals surface area contributed by atoms with Gasteiger partial charge in [-0.05, 0) is 24.5 Å². The first-order valence-corrected chi connectivity index (χ1v) is 9.71. The number of hydrazine groups is 1. The van der Waals surface area contributed by atoms with E-state index in [4.69, 9.17) is 4.74 Å². The molecule has 1 aliphatic heterocycles. The molecule has 2 aromatic rings. The Hall–Kier alpha value is -2.86. The number of rotatable bonds is 8. The minimum Gasteiger partial charge on any atom is -0.445 e. The molecule has 0 bridgehead atoms. The van der Waals surface area contributed by atoms with Crippen LogP contribution in [0.3, 0.4) is 0 Å². The Morgan fingerprint density at radius 2 is 1.75 bits per heavy atom. The first kappa shape index (κ1) is 19.9. The Kier molecular flexibility index (Phi) is 7.03. The zero-order chi connectivity index (χ0) is 19.8. The van der Waals surface area contributed by atoms with Gasteiger partial charge in [-0.25, -0.2) is 10.2 Å². The van der Waals surface area contributed by atoms with Gasteiger partial charge in [0.1, 0.15) is 6.61 Å². The summed E-state index contributed by atoms with van der Waals surface area (Å²) in [7, 11) is 0. The van der Waals surface area contributed by atoms with Crippen LogP contribution in [0.1, 0.15) is 30.9 Å². The quantitative estimate of drug-likeness (QED) is 0.762. The molecule has 28 heavy (non-hydrogen) atoms. The molecule has 0 saturated carbocycles. The number of nitrogens with one attached hydrogen (secondary N) is 1. The molecule has 0 aliphatic carbocycles. The van der Waals surface area contributed by atoms with Gasteiger partial charge < -0.3 is 9.64 Å². The molecule has 1 unspecified atom stereocenters. The second-order valence-electron chi connectivity index (χ2n) is 6.90. The first-order chi connectivity index (χ1) is 13.7. The molecular formula is C22H27N3O3. The second-order valence-corrected chi connectivity index (χ2v) is 6.90. The molecule has 2 aromatic carbocycles. The third kappa shape index (κ3) is 5.57. The number of hydrogen-bond donors (Lipinski definition) is 1. The summed E-state index contributed by atoms with van der Waals surface area (Å²) in [5, 5.41) is 1.64. The highest BCUT2D eigenvalue weighted by Gasteiger charge is 2.28. The Morgan fingerprint density at radius 3 is 2.36 bits per heavy atom. The highest BCUT2D eigenvalue weighted by Crippen LogP contribution is 2.14. The van der Waals surface area contributed by atoms with E-state index in [1.807, 2.05) is 67.6 Å². The van der Waals surface area contributed by atoms with E-state index in [1.54, 1.807) is 9.91 Å². The SMILES string of the molecule is CCN1NC(CCN(Cc2ccccc2)C(=O)OCc2ccccc2)CC1=O. The topological polar surface area (TPSA) is 61.9 Å². The number of carbonyl (C=O) groups excluding carboxylic acids is 2. The predicted octanol–water partition coefficient (Wildman–Crippen LogP) is 3.34. The largest absolute Gasteiger partial charge is 0.445 e. The van der Waals surface area contributed by atoms with Crippen LogP contribution in [0.5, 0.6) is 0 Å². The molecule has 148 valence electrons. The molecule has 6 nitrogen and oxygen atoms in total. The standard InChI is InChI=1S/C22H27N3O3/c1-2-25-21(26)15-20(23-25)13-14-24(16-18-9-5-3-6-10-18)22(27)28-17-19-11-7-4-8-12-19/h3-12,20,23H,2,13-17H2,1H3. The van der Waals surface area contributed by atoms with Gasteiger partial charge in [-0.3, -0.25) is 9.80 Å². The number of ether oxygens (including phenoxy) is 1. The van der Waals surface area contributed by atoms with Crippen LogP contribution in [0, 0.1) is 0 Å². The monoisotopic (exact) mass is 381 g/mol. The third-order valence-electron chi connectivity index (χ3n) is 4.80. The molecule has 0 spiro atoms. The summed E-state index contributed by atoms with van der Waals surface area (Å²) in [5.74, 6) is 0.105. The maximum atomic E-state index is 12.7. The minimum absolute atomic E-state index is 0.0487. The lowest BCUT2D eigenvalue weighted by atomic mass is 10.1. The van der Waals surface area contributed by atoms with Crippen molar-refractivity contribution in [2.24, 2.45) is 0 Å². The fraction of sp³-hybridized carbons (Fsp3) is 0.364. The molecule has 1 saturated heterocycles. The van der Waals surface area contributed by atoms with Crippen LogP contribution in [-0.4, -0.2) is 41.0 Å². The van der Waals surface area contributed by atoms with Crippen LogP contribution >= 0.6 is 0 Å². The fourth-order valence-electron chi connectivity index (χ4n) is 3.25. The van der Waals surface area contributed by atoms with Gasteiger partial charge in [-0.15, -0.1) is 0 Å². The van der Waals surface area contributed by atoms with Crippen LogP contribution in [0.4, 0.5) is 4.79 Å². The van der Waals surface area contributed by atoms with Crippen molar-refractivity contribution in [1.29, 1.82) is 0 Å². The summed E-state index contributed by atoms with van der Waals surface area (Å²) in [6.07, 6.45) is 0.811. The van der Waals surface area contributed by atoms with Crippen molar-refractivity contribution in [2.45, 2.75) is 39.0 Å². The van der Waals surface area contributed by atoms with E-state index in [0.717, 1.165) is 11.1 Å². The van der Waals surface area contributed by atoms with Gasteiger partial charge in [-0.1, -0.05) is 60.7 Å². The number of amides is 2. The molecule has 1 fully saturated rings. The number of hydrogen-bond acceptors (Lipinski definition) is 4. The summed E-state index contributed by atoms with van der Waals surface area (Å²) in [4.78, 5) is 26.3. The smallest absolute Gasteiger partial charge is 0.410 e. The molecule has 1 atom stereocenters. The maximum absolute atomic E-state index is 12.7. The summed E-state index contributed by atoms with van der Waals surface area (Å²) in [6.45, 7) is 3.82. The summed E-state index contributed by atoms with van der Waals surface area (Å²) >= 11 is 0. The van der Waals surface area contributed by atoms with E-state index in [2.05, 4.69) is 5.43 Å². The van der Waals surface area contributed by atoms with Crippen molar-refractivity contribution < 1.29 is 14.3 Å². The number of benzene rings is 2. The van der Waals surface area contributed by atoms with E-state index in [1.165, 1.54) is 0 Å². The van der Waals surface area contributed by atoms with Gasteiger partial charge in [0.25, 0.3) is 0 Å². The van der Waals surface area contributed by atoms with E-state index in [-0.39, 0.29) is 24.6 Å². The van der Waals surface area contributed by atoms with Crippen molar-refractivity contribution in [3.8, 4) is 0 Å². The molecule has 1 N–H and O–H groups in total. The van der Waals surface area contributed by atoms with Crippen molar-refractivity contribution in [2.75, 3.05) is 13.1 Å². The molecule has 0 radical (unpaired) electrons. The van der Waals surface area contributed by atoms with Crippen LogP contribution in [0.2, 0.25) is 0 Å². The Morgan fingerprint density at radius 1 is 1.11 bits per heavy atom. The molecule has 0 aromatic heterocycles. The van der Waals surface area contributed by atoms with Gasteiger partial charge in [0.2, 0.25) is 5.91 Å². The molecular weight excluding hydrogens is 354 g/mol. The van der Waals surface area contributed by atoms with Gasteiger partial charge in [-0.2, -0.15) is 0 Å². The molecule has 6 heteroatoms. The van der Waals surface area contributed by atoms with Crippen LogP contribution in [0.15, 0.2) is 60.7 Å². The zero-order valence-electron chi connectivity index (χ0n) is 16.2. The van der Waals surface area contributed by atoms with Crippen molar-refractivity contribution >= 4 is 12.0 Å². The van der Waals surface area contributed by atoms with Crippen LogP contribution < -0.4 is 5.43 Å². The van der Waals surface area contributed by atoms with E-state index >= 15 is 0 Å². The lowest BCUT2D eigenvalue weighted by molar-refractivity contribution is -0.129. The van der Waals surface area contributed by atoms with Crippen molar-refractivity contribution in [3.63, 3.8) is 0 Å². The summed E-state index contributed by atoms with van der Waals surface area (Å²) in [5.41, 5.74) is 5.21. The Bertz CT molecular complexity index is 767. The normalized spacial score (nSPS) is 16.2. The van der Waals surface area contributed by atoms with Crippen molar-refractivity contribution in [1.82, 2.24) is 15.3 Å². The lowest BCUT2D eigenvalue weighted by Gasteiger charge is -2.24. The Labute approximate surface area is 166 Å². The van der Waals surface area contributed by atoms with E-state index in [0.29, 0.717) is 32.5 Å². The van der Waals surface area contributed by atoms with Crippen molar-refractivity contribution in [3.05, 3.63) is 71.8 Å². The number of nitrogens with zero attached hydrogens (tertiary/aromatic N) is 2. The average Bonchev–Trinajstić information content (AvgIpc) is 3.10. The lowest BCUT2D eigenvalue weighted by Crippen LogP contribution is -2.39. The minimum atomic E-state index is -0.343. The third-order valence-corrected chi connectivity index (χ3v) is 4.80. The second kappa shape index (κ2) is 9.90. The van der Waals surface area contributed by atoms with Gasteiger partial charge in [0.05, 0.1) is 0 Å². The molecule has 1 heterocycles. The summed E-state index contributed by atoms with van der Waals surface area (Å²) in [6, 6.07) is 19.6. The molecule has 1 aliphatic rings. The highest BCUT2D eigenvalue weighted by atomic mass is 16.6. The highest BCUT2D eigenvalue weighted by molar-refractivity contribution is 5.78. The van der Waals surface area contributed by atoms with Gasteiger partial charge >= 0.3 is 6.09 Å². The van der Waals surface area contributed by atoms with E-state index in [9.17, 15) is 9.59 Å². The average molecular weight is 381 g/mol. The summed E-state index contributed by atoms with van der Waals surface area (Å²) < 4.78 is 5.53. The Balaban J connectivity index is 1.59. The van der Waals surface area contributed by atoms with E-state index < -0.39 is 0 Å². The maximum Gasteiger partial charge on any atom is 0.410 e.